The predicted molar refractivity (Wildman–Crippen MR) is 426 cm³/mol. The van der Waals surface area contributed by atoms with Gasteiger partial charge in [0.2, 0.25) is 0 Å². The van der Waals surface area contributed by atoms with Gasteiger partial charge in [0.1, 0.15) is 13.2 Å². The first-order chi connectivity index (χ1) is 48.6. The third kappa shape index (κ3) is 80.9. The highest BCUT2D eigenvalue weighted by Gasteiger charge is 2.22. The van der Waals surface area contributed by atoms with Crippen molar-refractivity contribution in [3.8, 4) is 0 Å². The minimum absolute atomic E-state index is 0.144. The fourth-order valence-electron chi connectivity index (χ4n) is 11.9. The first-order valence-corrected chi connectivity index (χ1v) is 41.7. The van der Waals surface area contributed by atoms with E-state index in [0.717, 1.165) is 103 Å². The van der Waals surface area contributed by atoms with E-state index in [2.05, 4.69) is 135 Å². The summed E-state index contributed by atoms with van der Waals surface area (Å²) in [5.41, 5.74) is 0. The Kier molecular flexibility index (Phi) is 75.9. The van der Waals surface area contributed by atoms with Gasteiger partial charge in [-0.15, -0.1) is 0 Å². The fourth-order valence-corrected chi connectivity index (χ4v) is 11.9. The summed E-state index contributed by atoms with van der Waals surface area (Å²) in [6, 6.07) is 0. The largest absolute Gasteiger partial charge is 0.545 e. The maximum absolute atomic E-state index is 13.0. The molecule has 0 N–H and O–H groups in total. The van der Waals surface area contributed by atoms with Crippen LogP contribution in [0.1, 0.15) is 373 Å². The Labute approximate surface area is 612 Å². The van der Waals surface area contributed by atoms with Gasteiger partial charge in [-0.25, -0.2) is 0 Å². The zero-order valence-corrected chi connectivity index (χ0v) is 65.3. The molecule has 0 aromatic carbocycles. The van der Waals surface area contributed by atoms with E-state index in [1.165, 1.54) is 238 Å². The number of quaternary nitrogens is 1. The summed E-state index contributed by atoms with van der Waals surface area (Å²) in [5.74, 6) is -2.27. The smallest absolute Gasteiger partial charge is 0.306 e. The van der Waals surface area contributed by atoms with Crippen LogP contribution in [0.3, 0.4) is 0 Å². The second kappa shape index (κ2) is 79.4. The van der Waals surface area contributed by atoms with Crippen LogP contribution < -0.4 is 5.11 Å². The van der Waals surface area contributed by atoms with E-state index >= 15 is 0 Å². The van der Waals surface area contributed by atoms with Crippen molar-refractivity contribution >= 4 is 17.9 Å². The lowest BCUT2D eigenvalue weighted by atomic mass is 10.0. The zero-order valence-electron chi connectivity index (χ0n) is 65.3. The highest BCUT2D eigenvalue weighted by Crippen LogP contribution is 2.19. The lowest BCUT2D eigenvalue weighted by Crippen LogP contribution is -2.44. The number of nitrogens with zero attached hydrogens (tertiary/aromatic N) is 1. The number of carbonyl (C=O) groups excluding carboxylic acids is 3. The van der Waals surface area contributed by atoms with Crippen LogP contribution in [0.2, 0.25) is 0 Å². The number of allylic oxidation sites excluding steroid dienone is 20. The van der Waals surface area contributed by atoms with Crippen molar-refractivity contribution in [1.82, 2.24) is 0 Å². The standard InChI is InChI=1S/C90H157NO8/c1-6-8-10-12-14-16-18-20-22-24-26-28-30-32-34-36-38-40-42-43-44-45-47-49-51-53-55-57-59-61-63-65-67-69-71-73-75-77-79-81-88(93)99-86(85-98-90(89(94)95)96-83-82-91(3,4)5)84-97-87(92)80-78-76-74-72-70-68-66-64-62-60-58-56-54-52-50-48-46-41-39-37-35-33-31-29-27-25-23-21-19-17-15-13-11-9-7-2/h8,10,14,16,20,22,25-28,32,34,38,40,43-44,47,49,53,55,86,90H,6-7,9,11-13,15,17-19,21,23-24,29-31,33,35-37,39,41-42,45-46,48,50-52,54,56-85H2,1-5H3/b10-8-,16-14-,22-20-,27-25-,28-26-,34-32-,40-38-,44-43-,49-47-,55-53-. The van der Waals surface area contributed by atoms with Gasteiger partial charge in [0, 0.05) is 12.8 Å². The Hall–Kier alpha value is -4.31. The van der Waals surface area contributed by atoms with Crippen LogP contribution in [0.25, 0.3) is 0 Å². The van der Waals surface area contributed by atoms with E-state index < -0.39 is 24.3 Å². The Bertz CT molecular complexity index is 2050. The molecule has 0 fully saturated rings. The van der Waals surface area contributed by atoms with Gasteiger partial charge in [0.15, 0.2) is 12.4 Å². The molecule has 0 saturated heterocycles. The summed E-state index contributed by atoms with van der Waals surface area (Å²) in [5, 5.41) is 11.9. The van der Waals surface area contributed by atoms with Gasteiger partial charge in [-0.3, -0.25) is 9.59 Å². The van der Waals surface area contributed by atoms with Crippen molar-refractivity contribution in [3.05, 3.63) is 122 Å². The molecule has 0 amide bonds. The molecular weight excluding hydrogens is 1220 g/mol. The molecule has 0 spiro atoms. The molecule has 0 aliphatic heterocycles. The van der Waals surface area contributed by atoms with Crippen molar-refractivity contribution in [2.45, 2.75) is 386 Å². The molecule has 0 heterocycles. The molecule has 99 heavy (non-hydrogen) atoms. The molecule has 0 radical (unpaired) electrons. The van der Waals surface area contributed by atoms with Crippen LogP contribution in [-0.2, 0) is 33.3 Å². The van der Waals surface area contributed by atoms with Crippen molar-refractivity contribution in [1.29, 1.82) is 0 Å². The number of carboxylic acids is 1. The molecule has 0 bridgehead atoms. The van der Waals surface area contributed by atoms with E-state index in [1.807, 2.05) is 21.1 Å². The number of hydrogen-bond acceptors (Lipinski definition) is 8. The van der Waals surface area contributed by atoms with E-state index in [0.29, 0.717) is 23.9 Å². The average Bonchev–Trinajstić information content (AvgIpc) is 1.14. The van der Waals surface area contributed by atoms with Gasteiger partial charge in [-0.1, -0.05) is 373 Å². The van der Waals surface area contributed by atoms with Gasteiger partial charge in [-0.2, -0.15) is 0 Å². The van der Waals surface area contributed by atoms with E-state index in [9.17, 15) is 19.5 Å². The van der Waals surface area contributed by atoms with E-state index in [1.54, 1.807) is 0 Å². The number of hydrogen-bond donors (Lipinski definition) is 0. The maximum Gasteiger partial charge on any atom is 0.306 e. The molecule has 9 nitrogen and oxygen atoms in total. The Morgan fingerprint density at radius 1 is 0.313 bits per heavy atom. The van der Waals surface area contributed by atoms with Crippen LogP contribution in [0.15, 0.2) is 122 Å². The molecule has 570 valence electrons. The fraction of sp³-hybridized carbons (Fsp3) is 0.744. The van der Waals surface area contributed by atoms with E-state index in [-0.39, 0.29) is 32.2 Å². The minimum Gasteiger partial charge on any atom is -0.545 e. The second-order valence-electron chi connectivity index (χ2n) is 29.0. The van der Waals surface area contributed by atoms with Gasteiger partial charge in [-0.05, 0) is 109 Å². The first kappa shape index (κ1) is 94.7. The highest BCUT2D eigenvalue weighted by atomic mass is 16.7. The summed E-state index contributed by atoms with van der Waals surface area (Å²) < 4.78 is 22.9. The molecule has 0 rings (SSSR count). The maximum atomic E-state index is 13.0. The molecule has 0 aromatic heterocycles. The highest BCUT2D eigenvalue weighted by molar-refractivity contribution is 5.70. The van der Waals surface area contributed by atoms with Crippen LogP contribution in [-0.4, -0.2) is 82.3 Å². The van der Waals surface area contributed by atoms with Gasteiger partial charge in [0.25, 0.3) is 0 Å². The van der Waals surface area contributed by atoms with Crippen LogP contribution in [0, 0.1) is 0 Å². The third-order valence-corrected chi connectivity index (χ3v) is 18.2. The number of unbranched alkanes of at least 4 members (excludes halogenated alkanes) is 42. The van der Waals surface area contributed by atoms with Crippen LogP contribution in [0.5, 0.6) is 0 Å². The summed E-state index contributed by atoms with van der Waals surface area (Å²) in [4.78, 5) is 37.6. The Morgan fingerprint density at radius 2 is 0.576 bits per heavy atom. The number of carbonyl (C=O) groups is 3. The number of esters is 2. The molecule has 9 heteroatoms. The van der Waals surface area contributed by atoms with Crippen molar-refractivity contribution in [3.63, 3.8) is 0 Å². The topological polar surface area (TPSA) is 111 Å². The lowest BCUT2D eigenvalue weighted by molar-refractivity contribution is -0.870. The monoisotopic (exact) mass is 1380 g/mol. The Morgan fingerprint density at radius 3 is 0.869 bits per heavy atom. The van der Waals surface area contributed by atoms with Gasteiger partial charge in [0.05, 0.1) is 40.3 Å². The summed E-state index contributed by atoms with van der Waals surface area (Å²) in [6.07, 6.45) is 110. The number of ether oxygens (including phenoxy) is 4. The van der Waals surface area contributed by atoms with Crippen LogP contribution >= 0.6 is 0 Å². The minimum atomic E-state index is -1.63. The number of likely N-dealkylation sites (N-methyl/N-ethyl adjacent to an activating group) is 1. The summed E-state index contributed by atoms with van der Waals surface area (Å²) in [6.45, 7) is 4.67. The Balaban J connectivity index is 4.03. The third-order valence-electron chi connectivity index (χ3n) is 18.2. The zero-order chi connectivity index (χ0) is 71.8. The lowest BCUT2D eigenvalue weighted by Gasteiger charge is -2.26. The van der Waals surface area contributed by atoms with Crippen molar-refractivity contribution in [2.75, 3.05) is 47.5 Å². The van der Waals surface area contributed by atoms with Gasteiger partial charge >= 0.3 is 11.9 Å². The summed E-state index contributed by atoms with van der Waals surface area (Å²) >= 11 is 0. The number of rotatable bonds is 77. The average molecular weight is 1380 g/mol. The van der Waals surface area contributed by atoms with E-state index in [4.69, 9.17) is 18.9 Å². The number of carboxylic acid groups (broad SMARTS) is 1. The van der Waals surface area contributed by atoms with Gasteiger partial charge < -0.3 is 33.3 Å². The molecule has 2 atom stereocenters. The normalized spacial score (nSPS) is 13.3. The molecular formula is C90H157NO8. The molecule has 0 aromatic rings. The first-order valence-electron chi connectivity index (χ1n) is 41.7. The number of aliphatic carboxylic acids is 1. The quantitative estimate of drug-likeness (QED) is 0.0195. The molecule has 0 aliphatic rings. The predicted octanol–water partition coefficient (Wildman–Crippen LogP) is 25.7. The van der Waals surface area contributed by atoms with Crippen molar-refractivity contribution < 1.29 is 42.9 Å². The second-order valence-corrected chi connectivity index (χ2v) is 29.0. The SMILES string of the molecule is CC/C=C\C/C=C\C/C=C\C/C=C\C/C=C\C/C=C\C/C=C\C/C=C\C/C=C\CCCCCCCCCCCCCC(=O)OC(COC(=O)CCCCCCCCCCCCCCCCCCCCCCCCC/C=C\CCCCCCCCCC)COC(OCC[N+](C)(C)C)C(=O)[O-]. The molecule has 0 saturated carbocycles. The van der Waals surface area contributed by atoms with Crippen molar-refractivity contribution in [2.24, 2.45) is 0 Å². The molecule has 2 unspecified atom stereocenters. The van der Waals surface area contributed by atoms with Crippen LogP contribution in [0.4, 0.5) is 0 Å². The summed E-state index contributed by atoms with van der Waals surface area (Å²) in [7, 11) is 5.94. The molecule has 0 aliphatic carbocycles.